The molecule has 74 valence electrons. The molecule has 1 aliphatic rings. The lowest BCUT2D eigenvalue weighted by atomic mass is 10.3. The molecule has 0 amide bonds. The standard InChI is InChI=1S/C10H11FN2O/c1-13-7-6-12-10(13)14-9-5-3-2-4-8(9)11/h2-5H,6-7H2,1H3. The largest absolute Gasteiger partial charge is 0.423 e. The zero-order valence-corrected chi connectivity index (χ0v) is 7.90. The third-order valence-corrected chi connectivity index (χ3v) is 2.05. The van der Waals surface area contributed by atoms with Crippen molar-refractivity contribution in [2.75, 3.05) is 20.1 Å². The first-order chi connectivity index (χ1) is 6.77. The zero-order valence-electron chi connectivity index (χ0n) is 7.90. The van der Waals surface area contributed by atoms with Crippen LogP contribution < -0.4 is 4.74 Å². The van der Waals surface area contributed by atoms with Crippen LogP contribution in [0.25, 0.3) is 0 Å². The van der Waals surface area contributed by atoms with Gasteiger partial charge in [0.2, 0.25) is 0 Å². The highest BCUT2D eigenvalue weighted by molar-refractivity contribution is 5.77. The van der Waals surface area contributed by atoms with Crippen molar-refractivity contribution >= 4 is 6.02 Å². The van der Waals surface area contributed by atoms with Crippen molar-refractivity contribution < 1.29 is 9.13 Å². The summed E-state index contributed by atoms with van der Waals surface area (Å²) in [4.78, 5) is 5.96. The summed E-state index contributed by atoms with van der Waals surface area (Å²) in [6.45, 7) is 1.53. The number of hydrogen-bond donors (Lipinski definition) is 0. The Bertz CT molecular complexity index is 365. The summed E-state index contributed by atoms with van der Waals surface area (Å²) in [6, 6.07) is 6.79. The quantitative estimate of drug-likeness (QED) is 0.676. The van der Waals surface area contributed by atoms with Gasteiger partial charge in [-0.05, 0) is 12.1 Å². The van der Waals surface area contributed by atoms with E-state index in [4.69, 9.17) is 4.74 Å². The van der Waals surface area contributed by atoms with Gasteiger partial charge in [-0.3, -0.25) is 0 Å². The smallest absolute Gasteiger partial charge is 0.292 e. The fourth-order valence-electron chi connectivity index (χ4n) is 1.25. The minimum absolute atomic E-state index is 0.222. The predicted molar refractivity (Wildman–Crippen MR) is 52.0 cm³/mol. The number of likely N-dealkylation sites (N-methyl/N-ethyl adjacent to an activating group) is 1. The van der Waals surface area contributed by atoms with Crippen molar-refractivity contribution in [1.29, 1.82) is 0 Å². The number of benzene rings is 1. The molecular weight excluding hydrogens is 183 g/mol. The van der Waals surface area contributed by atoms with E-state index in [0.717, 1.165) is 6.54 Å². The Kier molecular flexibility index (Phi) is 2.35. The van der Waals surface area contributed by atoms with E-state index in [1.807, 2.05) is 11.9 Å². The van der Waals surface area contributed by atoms with Gasteiger partial charge in [0.1, 0.15) is 0 Å². The summed E-state index contributed by atoms with van der Waals surface area (Å²) < 4.78 is 18.5. The van der Waals surface area contributed by atoms with Gasteiger partial charge in [0, 0.05) is 13.6 Å². The molecule has 2 rings (SSSR count). The third-order valence-electron chi connectivity index (χ3n) is 2.05. The second-order valence-electron chi connectivity index (χ2n) is 3.12. The Morgan fingerprint density at radius 1 is 1.43 bits per heavy atom. The third kappa shape index (κ3) is 1.69. The van der Waals surface area contributed by atoms with Gasteiger partial charge in [0.05, 0.1) is 6.54 Å². The van der Waals surface area contributed by atoms with E-state index in [-0.39, 0.29) is 11.6 Å². The van der Waals surface area contributed by atoms with Gasteiger partial charge < -0.3 is 9.64 Å². The van der Waals surface area contributed by atoms with E-state index in [1.54, 1.807) is 18.2 Å². The second-order valence-corrected chi connectivity index (χ2v) is 3.12. The molecule has 1 aromatic rings. The van der Waals surface area contributed by atoms with Gasteiger partial charge in [-0.1, -0.05) is 12.1 Å². The molecule has 0 aromatic heterocycles. The molecule has 0 fully saturated rings. The summed E-state index contributed by atoms with van der Waals surface area (Å²) in [7, 11) is 1.87. The minimum atomic E-state index is -0.365. The maximum Gasteiger partial charge on any atom is 0.292 e. The Morgan fingerprint density at radius 3 is 2.86 bits per heavy atom. The summed E-state index contributed by atoms with van der Waals surface area (Å²) in [6.07, 6.45) is 0. The first-order valence-electron chi connectivity index (χ1n) is 4.45. The van der Waals surface area contributed by atoms with Crippen molar-refractivity contribution in [3.63, 3.8) is 0 Å². The van der Waals surface area contributed by atoms with Crippen molar-refractivity contribution in [2.24, 2.45) is 4.99 Å². The topological polar surface area (TPSA) is 24.8 Å². The highest BCUT2D eigenvalue weighted by Gasteiger charge is 2.15. The Labute approximate surface area is 81.8 Å². The van der Waals surface area contributed by atoms with Crippen LogP contribution in [0.1, 0.15) is 0 Å². The van der Waals surface area contributed by atoms with Gasteiger partial charge in [-0.2, -0.15) is 0 Å². The average Bonchev–Trinajstić information content (AvgIpc) is 2.56. The molecule has 0 spiro atoms. The molecule has 14 heavy (non-hydrogen) atoms. The van der Waals surface area contributed by atoms with Gasteiger partial charge in [0.15, 0.2) is 11.6 Å². The molecular formula is C10H11FN2O. The number of hydrogen-bond acceptors (Lipinski definition) is 3. The SMILES string of the molecule is CN1CCN=C1Oc1ccccc1F. The maximum absolute atomic E-state index is 13.2. The summed E-state index contributed by atoms with van der Waals surface area (Å²) in [5.41, 5.74) is 0. The molecule has 1 heterocycles. The van der Waals surface area contributed by atoms with E-state index in [0.29, 0.717) is 12.6 Å². The van der Waals surface area contributed by atoms with Crippen LogP contribution in [0.3, 0.4) is 0 Å². The fourth-order valence-corrected chi connectivity index (χ4v) is 1.25. The van der Waals surface area contributed by atoms with Crippen molar-refractivity contribution in [2.45, 2.75) is 0 Å². The lowest BCUT2D eigenvalue weighted by Gasteiger charge is -2.13. The summed E-state index contributed by atoms with van der Waals surface area (Å²) in [5.74, 6) is -0.143. The number of aliphatic imine (C=N–C) groups is 1. The van der Waals surface area contributed by atoms with E-state index < -0.39 is 0 Å². The highest BCUT2D eigenvalue weighted by Crippen LogP contribution is 2.17. The monoisotopic (exact) mass is 194 g/mol. The van der Waals surface area contributed by atoms with Crippen LogP contribution in [-0.2, 0) is 0 Å². The van der Waals surface area contributed by atoms with E-state index >= 15 is 0 Å². The molecule has 0 atom stereocenters. The zero-order chi connectivity index (χ0) is 9.97. The fraction of sp³-hybridized carbons (Fsp3) is 0.300. The number of halogens is 1. The van der Waals surface area contributed by atoms with Crippen LogP contribution in [-0.4, -0.2) is 31.1 Å². The van der Waals surface area contributed by atoms with Gasteiger partial charge >= 0.3 is 0 Å². The number of para-hydroxylation sites is 1. The van der Waals surface area contributed by atoms with Crippen LogP contribution in [0.2, 0.25) is 0 Å². The predicted octanol–water partition coefficient (Wildman–Crippen LogP) is 1.51. The summed E-state index contributed by atoms with van der Waals surface area (Å²) in [5, 5.41) is 0. The number of nitrogens with zero attached hydrogens (tertiary/aromatic N) is 2. The van der Waals surface area contributed by atoms with Crippen molar-refractivity contribution in [3.8, 4) is 5.75 Å². The number of rotatable bonds is 1. The van der Waals surface area contributed by atoms with E-state index in [1.165, 1.54) is 6.07 Å². The molecule has 0 radical (unpaired) electrons. The van der Waals surface area contributed by atoms with Crippen LogP contribution in [0.4, 0.5) is 4.39 Å². The van der Waals surface area contributed by atoms with Crippen LogP contribution in [0.15, 0.2) is 29.3 Å². The maximum atomic E-state index is 13.2. The van der Waals surface area contributed by atoms with Gasteiger partial charge in [0.25, 0.3) is 6.02 Å². The highest BCUT2D eigenvalue weighted by atomic mass is 19.1. The molecule has 0 unspecified atom stereocenters. The Hall–Kier alpha value is -1.58. The van der Waals surface area contributed by atoms with E-state index in [2.05, 4.69) is 4.99 Å². The average molecular weight is 194 g/mol. The molecule has 4 heteroatoms. The lowest BCUT2D eigenvalue weighted by Crippen LogP contribution is -2.27. The molecule has 0 N–H and O–H groups in total. The van der Waals surface area contributed by atoms with Crippen molar-refractivity contribution in [1.82, 2.24) is 4.90 Å². The van der Waals surface area contributed by atoms with E-state index in [9.17, 15) is 4.39 Å². The number of amidine groups is 1. The van der Waals surface area contributed by atoms with Crippen LogP contribution in [0, 0.1) is 5.82 Å². The molecule has 1 aliphatic heterocycles. The Morgan fingerprint density at radius 2 is 2.21 bits per heavy atom. The second kappa shape index (κ2) is 3.65. The Balaban J connectivity index is 2.15. The molecule has 0 saturated carbocycles. The molecule has 0 aliphatic carbocycles. The van der Waals surface area contributed by atoms with Crippen molar-refractivity contribution in [3.05, 3.63) is 30.1 Å². The first kappa shape index (κ1) is 8.99. The number of ether oxygens (including phenoxy) is 1. The van der Waals surface area contributed by atoms with Gasteiger partial charge in [-0.15, -0.1) is 0 Å². The molecule has 3 nitrogen and oxygen atoms in total. The molecule has 0 saturated heterocycles. The normalized spacial score (nSPS) is 15.6. The molecule has 1 aromatic carbocycles. The minimum Gasteiger partial charge on any atom is -0.423 e. The molecule has 0 bridgehead atoms. The summed E-state index contributed by atoms with van der Waals surface area (Å²) >= 11 is 0. The van der Waals surface area contributed by atoms with Crippen LogP contribution in [0.5, 0.6) is 5.75 Å². The van der Waals surface area contributed by atoms with Gasteiger partial charge in [-0.25, -0.2) is 9.38 Å². The lowest BCUT2D eigenvalue weighted by molar-refractivity contribution is 0.405. The van der Waals surface area contributed by atoms with Crippen LogP contribution >= 0.6 is 0 Å². The first-order valence-corrected chi connectivity index (χ1v) is 4.45.